The lowest BCUT2D eigenvalue weighted by atomic mass is 9.99. The molecule has 0 fully saturated rings. The minimum Gasteiger partial charge on any atom is -0.339 e. The molecule has 0 saturated carbocycles. The number of benzene rings is 2. The number of rotatable bonds is 8. The summed E-state index contributed by atoms with van der Waals surface area (Å²) in [6, 6.07) is 22.2. The van der Waals surface area contributed by atoms with Gasteiger partial charge >= 0.3 is 6.03 Å². The Balaban J connectivity index is 1.58. The van der Waals surface area contributed by atoms with E-state index in [9.17, 15) is 14.9 Å². The topological polar surface area (TPSA) is 133 Å². The molecule has 4 aromatic rings. The summed E-state index contributed by atoms with van der Waals surface area (Å²) < 4.78 is 0. The van der Waals surface area contributed by atoms with Gasteiger partial charge in [-0.3, -0.25) is 15.4 Å². The van der Waals surface area contributed by atoms with E-state index in [-0.39, 0.29) is 16.5 Å². The lowest BCUT2D eigenvalue weighted by Crippen LogP contribution is -2.35. The van der Waals surface area contributed by atoms with Crippen molar-refractivity contribution in [2.45, 2.75) is 31.8 Å². The molecule has 0 aliphatic heterocycles. The van der Waals surface area contributed by atoms with Gasteiger partial charge in [-0.05, 0) is 42.7 Å². The van der Waals surface area contributed by atoms with Crippen molar-refractivity contribution < 1.29 is 9.59 Å². The van der Waals surface area contributed by atoms with Crippen molar-refractivity contribution in [1.29, 1.82) is 5.26 Å². The number of amides is 3. The predicted molar refractivity (Wildman–Crippen MR) is 153 cm³/mol. The van der Waals surface area contributed by atoms with Crippen LogP contribution < -0.4 is 16.0 Å². The van der Waals surface area contributed by atoms with Crippen LogP contribution in [0.1, 0.15) is 36.5 Å². The monoisotopic (exact) mass is 537 g/mol. The molecule has 0 aliphatic carbocycles. The lowest BCUT2D eigenvalue weighted by Gasteiger charge is -2.14. The molecule has 0 radical (unpaired) electrons. The molecule has 196 valence electrons. The minimum absolute atomic E-state index is 0.114. The number of urea groups is 1. The molecular formula is C29H27N7O2S. The van der Waals surface area contributed by atoms with Gasteiger partial charge in [0.05, 0.1) is 11.4 Å². The molecule has 2 aromatic carbocycles. The van der Waals surface area contributed by atoms with Gasteiger partial charge in [0.1, 0.15) is 17.5 Å². The van der Waals surface area contributed by atoms with Gasteiger partial charge < -0.3 is 5.32 Å². The molecular weight excluding hydrogens is 510 g/mol. The van der Waals surface area contributed by atoms with Crippen molar-refractivity contribution in [1.82, 2.24) is 20.3 Å². The van der Waals surface area contributed by atoms with E-state index in [4.69, 9.17) is 0 Å². The zero-order valence-corrected chi connectivity index (χ0v) is 22.5. The van der Waals surface area contributed by atoms with Gasteiger partial charge in [0.2, 0.25) is 5.91 Å². The number of aromatic nitrogens is 3. The molecule has 4 rings (SSSR count). The van der Waals surface area contributed by atoms with Crippen LogP contribution in [0.5, 0.6) is 0 Å². The Morgan fingerprint density at radius 2 is 1.74 bits per heavy atom. The number of hydrogen-bond acceptors (Lipinski definition) is 8. The van der Waals surface area contributed by atoms with Gasteiger partial charge in [0, 0.05) is 17.4 Å². The van der Waals surface area contributed by atoms with E-state index in [2.05, 4.69) is 50.8 Å². The third-order valence-corrected chi connectivity index (χ3v) is 6.50. The van der Waals surface area contributed by atoms with Gasteiger partial charge in [-0.25, -0.2) is 19.7 Å². The number of anilines is 3. The molecule has 0 bridgehead atoms. The number of hydrogen-bond donors (Lipinski definition) is 3. The number of thioether (sulfide) groups is 1. The van der Waals surface area contributed by atoms with Crippen LogP contribution in [0.4, 0.5) is 22.1 Å². The summed E-state index contributed by atoms with van der Waals surface area (Å²) in [7, 11) is 0. The molecule has 0 spiro atoms. The molecule has 2 aromatic heterocycles. The smallest absolute Gasteiger partial charge is 0.327 e. The van der Waals surface area contributed by atoms with E-state index in [1.54, 1.807) is 18.2 Å². The quantitative estimate of drug-likeness (QED) is 0.183. The molecule has 0 atom stereocenters. The maximum atomic E-state index is 12.5. The van der Waals surface area contributed by atoms with Crippen LogP contribution in [0.2, 0.25) is 0 Å². The van der Waals surface area contributed by atoms with Crippen LogP contribution in [0.25, 0.3) is 11.3 Å². The Kier molecular flexibility index (Phi) is 8.86. The second-order valence-electron chi connectivity index (χ2n) is 8.96. The molecule has 3 N–H and O–H groups in total. The van der Waals surface area contributed by atoms with Gasteiger partial charge in [-0.1, -0.05) is 73.6 Å². The Labute approximate surface area is 231 Å². The second kappa shape index (κ2) is 12.7. The fraction of sp³-hybridized carbons (Fsp3) is 0.172. The maximum Gasteiger partial charge on any atom is 0.327 e. The van der Waals surface area contributed by atoms with Gasteiger partial charge in [0.25, 0.3) is 0 Å². The Hall–Kier alpha value is -4.75. The van der Waals surface area contributed by atoms with Crippen LogP contribution in [0, 0.1) is 18.3 Å². The normalized spacial score (nSPS) is 10.5. The first-order valence-corrected chi connectivity index (χ1v) is 13.2. The third-order valence-electron chi connectivity index (χ3n) is 5.66. The summed E-state index contributed by atoms with van der Waals surface area (Å²) in [5.74, 6) is 0.369. The predicted octanol–water partition coefficient (Wildman–Crippen LogP) is 6.03. The number of nitriles is 1. The van der Waals surface area contributed by atoms with E-state index in [0.717, 1.165) is 28.6 Å². The minimum atomic E-state index is -0.687. The number of aryl methyl sites for hydroxylation is 1. The summed E-state index contributed by atoms with van der Waals surface area (Å²) in [4.78, 5) is 37.8. The number of nitrogens with one attached hydrogen (secondary N) is 3. The summed E-state index contributed by atoms with van der Waals surface area (Å²) in [5.41, 5.74) is 4.52. The van der Waals surface area contributed by atoms with Crippen LogP contribution in [0.3, 0.4) is 0 Å². The SMILES string of the molecule is Cc1ccc(Nc2nc(SCC(=O)NC(=O)Nc3ccccn3)nc(-c3ccc(C(C)C)cc3)c2C#N)cc1. The fourth-order valence-electron chi connectivity index (χ4n) is 3.59. The summed E-state index contributed by atoms with van der Waals surface area (Å²) in [6.45, 7) is 6.21. The first-order valence-electron chi connectivity index (χ1n) is 12.2. The van der Waals surface area contributed by atoms with Crippen molar-refractivity contribution in [2.75, 3.05) is 16.4 Å². The number of carbonyl (C=O) groups excluding carboxylic acids is 2. The summed E-state index contributed by atoms with van der Waals surface area (Å²) >= 11 is 1.06. The highest BCUT2D eigenvalue weighted by molar-refractivity contribution is 7.99. The standard InChI is InChI=1S/C29H27N7O2S/c1-18(2)20-9-11-21(12-10-20)26-23(16-30)27(32-22-13-7-19(3)8-14-22)36-29(35-26)39-17-25(37)34-28(38)33-24-6-4-5-15-31-24/h4-15,18H,17H2,1-3H3,(H,32,35,36)(H2,31,33,34,37,38). The first-order chi connectivity index (χ1) is 18.8. The van der Waals surface area contributed by atoms with Crippen LogP contribution in [0.15, 0.2) is 78.1 Å². The summed E-state index contributed by atoms with van der Waals surface area (Å²) in [5, 5.41) is 18.3. The lowest BCUT2D eigenvalue weighted by molar-refractivity contribution is -0.117. The largest absolute Gasteiger partial charge is 0.339 e. The molecule has 0 aliphatic rings. The van der Waals surface area contributed by atoms with E-state index >= 15 is 0 Å². The number of imide groups is 1. The maximum absolute atomic E-state index is 12.5. The van der Waals surface area contributed by atoms with Crippen molar-refractivity contribution in [3.63, 3.8) is 0 Å². The van der Waals surface area contributed by atoms with Crippen molar-refractivity contribution in [3.8, 4) is 17.3 Å². The highest BCUT2D eigenvalue weighted by Crippen LogP contribution is 2.31. The van der Waals surface area contributed by atoms with Gasteiger partial charge in [0.15, 0.2) is 11.0 Å². The molecule has 10 heteroatoms. The highest BCUT2D eigenvalue weighted by Gasteiger charge is 2.18. The second-order valence-corrected chi connectivity index (χ2v) is 9.91. The molecule has 39 heavy (non-hydrogen) atoms. The molecule has 3 amide bonds. The third kappa shape index (κ3) is 7.40. The van der Waals surface area contributed by atoms with Gasteiger partial charge in [-0.2, -0.15) is 5.26 Å². The van der Waals surface area contributed by atoms with E-state index in [1.807, 2.05) is 55.5 Å². The van der Waals surface area contributed by atoms with Crippen molar-refractivity contribution >= 4 is 41.0 Å². The zero-order valence-electron chi connectivity index (χ0n) is 21.7. The van der Waals surface area contributed by atoms with E-state index in [1.165, 1.54) is 11.8 Å². The first kappa shape index (κ1) is 27.3. The van der Waals surface area contributed by atoms with Crippen molar-refractivity contribution in [3.05, 3.63) is 89.6 Å². The van der Waals surface area contributed by atoms with Crippen LogP contribution in [-0.4, -0.2) is 32.6 Å². The van der Waals surface area contributed by atoms with Crippen LogP contribution >= 0.6 is 11.8 Å². The Bertz CT molecular complexity index is 1500. The number of nitrogens with zero attached hydrogens (tertiary/aromatic N) is 4. The Morgan fingerprint density at radius 3 is 2.38 bits per heavy atom. The molecule has 0 unspecified atom stereocenters. The molecule has 9 nitrogen and oxygen atoms in total. The Morgan fingerprint density at radius 1 is 1.00 bits per heavy atom. The summed E-state index contributed by atoms with van der Waals surface area (Å²) in [6.07, 6.45) is 1.53. The fourth-order valence-corrected chi connectivity index (χ4v) is 4.23. The van der Waals surface area contributed by atoms with E-state index in [0.29, 0.717) is 23.2 Å². The molecule has 0 saturated heterocycles. The molecule has 2 heterocycles. The number of carbonyl (C=O) groups is 2. The average Bonchev–Trinajstić information content (AvgIpc) is 2.93. The van der Waals surface area contributed by atoms with Crippen molar-refractivity contribution in [2.24, 2.45) is 0 Å². The van der Waals surface area contributed by atoms with E-state index < -0.39 is 11.9 Å². The average molecular weight is 538 g/mol. The zero-order chi connectivity index (χ0) is 27.8. The van der Waals surface area contributed by atoms with Gasteiger partial charge in [-0.15, -0.1) is 0 Å². The number of pyridine rings is 1. The van der Waals surface area contributed by atoms with Crippen LogP contribution in [-0.2, 0) is 4.79 Å². The highest BCUT2D eigenvalue weighted by atomic mass is 32.2.